The van der Waals surface area contributed by atoms with E-state index in [1.54, 1.807) is 19.2 Å². The van der Waals surface area contributed by atoms with Crippen LogP contribution < -0.4 is 0 Å². The zero-order valence-electron chi connectivity index (χ0n) is 15.1. The van der Waals surface area contributed by atoms with Gasteiger partial charge in [0.05, 0.1) is 23.1 Å². The lowest BCUT2D eigenvalue weighted by atomic mass is 10.2. The van der Waals surface area contributed by atoms with Crippen molar-refractivity contribution in [1.29, 1.82) is 0 Å². The SMILES string of the molecule is COCc1ccc([S+](c2ccc(C)cc2)c2ccc(C(F)(F)F)cc2)cc1. The van der Waals surface area contributed by atoms with Gasteiger partial charge >= 0.3 is 6.18 Å². The molecular formula is C22H20F3OS+. The van der Waals surface area contributed by atoms with Gasteiger partial charge < -0.3 is 4.74 Å². The Kier molecular flexibility index (Phi) is 5.92. The van der Waals surface area contributed by atoms with Crippen molar-refractivity contribution in [1.82, 2.24) is 0 Å². The molecule has 0 aliphatic rings. The fraction of sp³-hybridized carbons (Fsp3) is 0.182. The van der Waals surface area contributed by atoms with Crippen LogP contribution >= 0.6 is 0 Å². The molecule has 0 aromatic heterocycles. The molecule has 0 amide bonds. The number of halogens is 3. The number of ether oxygens (including phenoxy) is 1. The van der Waals surface area contributed by atoms with Crippen molar-refractivity contribution in [2.75, 3.05) is 7.11 Å². The molecule has 0 N–H and O–H groups in total. The second-order valence-electron chi connectivity index (χ2n) is 6.22. The number of hydrogen-bond acceptors (Lipinski definition) is 1. The third-order valence-electron chi connectivity index (χ3n) is 4.14. The Balaban J connectivity index is 2.03. The van der Waals surface area contributed by atoms with Crippen molar-refractivity contribution < 1.29 is 17.9 Å². The molecular weight excluding hydrogens is 369 g/mol. The van der Waals surface area contributed by atoms with Crippen molar-refractivity contribution in [2.24, 2.45) is 0 Å². The predicted octanol–water partition coefficient (Wildman–Crippen LogP) is 6.26. The maximum absolute atomic E-state index is 12.9. The van der Waals surface area contributed by atoms with E-state index in [0.717, 1.165) is 37.9 Å². The summed E-state index contributed by atoms with van der Waals surface area (Å²) in [6.45, 7) is 2.54. The predicted molar refractivity (Wildman–Crippen MR) is 102 cm³/mol. The van der Waals surface area contributed by atoms with E-state index in [1.807, 2.05) is 55.5 Å². The molecule has 0 saturated heterocycles. The molecule has 1 nitrogen and oxygen atoms in total. The van der Waals surface area contributed by atoms with Gasteiger partial charge in [0.15, 0.2) is 14.7 Å². The first-order valence-corrected chi connectivity index (χ1v) is 9.67. The van der Waals surface area contributed by atoms with Crippen LogP contribution in [0.3, 0.4) is 0 Å². The second kappa shape index (κ2) is 8.19. The van der Waals surface area contributed by atoms with Crippen LogP contribution in [0.4, 0.5) is 13.2 Å². The second-order valence-corrected chi connectivity index (χ2v) is 8.24. The van der Waals surface area contributed by atoms with Gasteiger partial charge in [-0.1, -0.05) is 29.8 Å². The molecule has 3 rings (SSSR count). The fourth-order valence-electron chi connectivity index (χ4n) is 2.75. The lowest BCUT2D eigenvalue weighted by Gasteiger charge is -2.11. The fourth-order valence-corrected chi connectivity index (χ4v) is 4.79. The highest BCUT2D eigenvalue weighted by molar-refractivity contribution is 7.97. The normalized spacial score (nSPS) is 12.8. The Morgan fingerprint density at radius 3 is 1.63 bits per heavy atom. The molecule has 27 heavy (non-hydrogen) atoms. The van der Waals surface area contributed by atoms with E-state index in [9.17, 15) is 13.2 Å². The van der Waals surface area contributed by atoms with Gasteiger partial charge in [0.1, 0.15) is 0 Å². The van der Waals surface area contributed by atoms with Gasteiger partial charge in [-0.25, -0.2) is 0 Å². The topological polar surface area (TPSA) is 9.23 Å². The average molecular weight is 389 g/mol. The van der Waals surface area contributed by atoms with Gasteiger partial charge in [0.2, 0.25) is 0 Å². The van der Waals surface area contributed by atoms with Crippen LogP contribution in [0.1, 0.15) is 16.7 Å². The van der Waals surface area contributed by atoms with Gasteiger partial charge in [0, 0.05) is 7.11 Å². The Bertz CT molecular complexity index is 869. The summed E-state index contributed by atoms with van der Waals surface area (Å²) in [5.74, 6) is 0. The van der Waals surface area contributed by atoms with Gasteiger partial charge in [-0.15, -0.1) is 0 Å². The molecule has 5 heteroatoms. The van der Waals surface area contributed by atoms with E-state index >= 15 is 0 Å². The molecule has 0 spiro atoms. The summed E-state index contributed by atoms with van der Waals surface area (Å²) in [7, 11) is 1.17. The molecule has 1 atom stereocenters. The number of hydrogen-bond donors (Lipinski definition) is 0. The maximum Gasteiger partial charge on any atom is 0.416 e. The zero-order chi connectivity index (χ0) is 19.4. The van der Waals surface area contributed by atoms with Crippen molar-refractivity contribution in [3.05, 3.63) is 89.5 Å². The first-order valence-electron chi connectivity index (χ1n) is 8.44. The molecule has 0 aliphatic carbocycles. The molecule has 0 saturated carbocycles. The summed E-state index contributed by atoms with van der Waals surface area (Å²) in [6.07, 6.45) is -4.33. The minimum atomic E-state index is -4.33. The van der Waals surface area contributed by atoms with Crippen LogP contribution in [-0.2, 0) is 28.4 Å². The van der Waals surface area contributed by atoms with Gasteiger partial charge in [0.25, 0.3) is 0 Å². The first kappa shape index (κ1) is 19.5. The van der Waals surface area contributed by atoms with E-state index in [2.05, 4.69) is 0 Å². The van der Waals surface area contributed by atoms with Crippen molar-refractivity contribution >= 4 is 10.9 Å². The van der Waals surface area contributed by atoms with Crippen LogP contribution in [-0.4, -0.2) is 7.11 Å². The smallest absolute Gasteiger partial charge is 0.380 e. The monoisotopic (exact) mass is 389 g/mol. The lowest BCUT2D eigenvalue weighted by Crippen LogP contribution is -2.08. The van der Waals surface area contributed by atoms with Crippen LogP contribution in [0, 0.1) is 6.92 Å². The summed E-state index contributed by atoms with van der Waals surface area (Å²) in [5, 5.41) is 0. The van der Waals surface area contributed by atoms with Crippen LogP contribution in [0.25, 0.3) is 0 Å². The number of aryl methyl sites for hydroxylation is 1. The maximum atomic E-state index is 12.9. The molecule has 3 aromatic rings. The van der Waals surface area contributed by atoms with Crippen LogP contribution in [0.15, 0.2) is 87.5 Å². The molecule has 3 aromatic carbocycles. The van der Waals surface area contributed by atoms with E-state index in [4.69, 9.17) is 4.74 Å². The average Bonchev–Trinajstić information content (AvgIpc) is 2.65. The summed E-state index contributed by atoms with van der Waals surface area (Å²) in [4.78, 5) is 2.98. The molecule has 0 fully saturated rings. The van der Waals surface area contributed by atoms with Gasteiger partial charge in [-0.2, -0.15) is 13.2 Å². The molecule has 0 heterocycles. The minimum absolute atomic E-state index is 0.478. The largest absolute Gasteiger partial charge is 0.416 e. The van der Waals surface area contributed by atoms with Crippen molar-refractivity contribution in [2.45, 2.75) is 34.4 Å². The highest BCUT2D eigenvalue weighted by Crippen LogP contribution is 2.34. The summed E-state index contributed by atoms with van der Waals surface area (Å²) < 4.78 is 43.9. The van der Waals surface area contributed by atoms with E-state index in [0.29, 0.717) is 6.61 Å². The highest BCUT2D eigenvalue weighted by Gasteiger charge is 2.33. The third kappa shape index (κ3) is 4.73. The Hall–Kier alpha value is -2.24. The van der Waals surface area contributed by atoms with Gasteiger partial charge in [-0.05, 0) is 61.0 Å². The summed E-state index contributed by atoms with van der Waals surface area (Å²) >= 11 is 0. The molecule has 1 unspecified atom stereocenters. The van der Waals surface area contributed by atoms with Crippen molar-refractivity contribution in [3.8, 4) is 0 Å². The minimum Gasteiger partial charge on any atom is -0.380 e. The number of alkyl halides is 3. The van der Waals surface area contributed by atoms with Crippen LogP contribution in [0.2, 0.25) is 0 Å². The highest BCUT2D eigenvalue weighted by atomic mass is 32.2. The van der Waals surface area contributed by atoms with Crippen LogP contribution in [0.5, 0.6) is 0 Å². The number of benzene rings is 3. The third-order valence-corrected chi connectivity index (χ3v) is 6.37. The molecule has 0 aliphatic heterocycles. The lowest BCUT2D eigenvalue weighted by molar-refractivity contribution is -0.137. The quantitative estimate of drug-likeness (QED) is 0.468. The zero-order valence-corrected chi connectivity index (χ0v) is 15.9. The first-order chi connectivity index (χ1) is 12.9. The summed E-state index contributed by atoms with van der Waals surface area (Å²) in [6, 6.07) is 21.6. The molecule has 0 radical (unpaired) electrons. The summed E-state index contributed by atoms with van der Waals surface area (Å²) in [5.41, 5.74) is 1.57. The molecule has 140 valence electrons. The van der Waals surface area contributed by atoms with E-state index < -0.39 is 22.6 Å². The Morgan fingerprint density at radius 1 is 0.741 bits per heavy atom. The van der Waals surface area contributed by atoms with E-state index in [-0.39, 0.29) is 0 Å². The standard InChI is InChI=1S/C22H20F3OS/c1-16-3-9-19(10-4-16)27(20-11-5-17(6-12-20)15-26-2)21-13-7-18(8-14-21)22(23,24)25/h3-14H,15H2,1-2H3/q+1. The van der Waals surface area contributed by atoms with Gasteiger partial charge in [-0.3, -0.25) is 0 Å². The molecule has 0 bridgehead atoms. The number of methoxy groups -OCH3 is 1. The van der Waals surface area contributed by atoms with Crippen molar-refractivity contribution in [3.63, 3.8) is 0 Å². The Morgan fingerprint density at radius 2 is 1.19 bits per heavy atom. The van der Waals surface area contributed by atoms with E-state index in [1.165, 1.54) is 0 Å². The number of rotatable bonds is 5. The Labute approximate surface area is 160 Å².